The largest absolute Gasteiger partial charge is 0.485 e. The van der Waals surface area contributed by atoms with E-state index in [1.807, 2.05) is 35.6 Å². The van der Waals surface area contributed by atoms with E-state index in [9.17, 15) is 0 Å². The Morgan fingerprint density at radius 1 is 1.10 bits per heavy atom. The second-order valence-corrected chi connectivity index (χ2v) is 5.17. The van der Waals surface area contributed by atoms with Gasteiger partial charge in [-0.05, 0) is 50.1 Å². The van der Waals surface area contributed by atoms with Crippen LogP contribution in [0.5, 0.6) is 5.75 Å². The molecule has 0 fully saturated rings. The van der Waals surface area contributed by atoms with Gasteiger partial charge in [0.2, 0.25) is 0 Å². The number of nitrogen functional groups attached to an aromatic ring is 1. The van der Waals surface area contributed by atoms with E-state index in [1.54, 1.807) is 0 Å². The van der Waals surface area contributed by atoms with Gasteiger partial charge in [0.15, 0.2) is 11.5 Å². The summed E-state index contributed by atoms with van der Waals surface area (Å²) in [5.74, 6) is 1.61. The fourth-order valence-electron chi connectivity index (χ4n) is 2.33. The Bertz CT molecular complexity index is 807. The van der Waals surface area contributed by atoms with Crippen molar-refractivity contribution in [3.63, 3.8) is 0 Å². The molecule has 0 radical (unpaired) electrons. The van der Waals surface area contributed by atoms with Crippen molar-refractivity contribution in [2.75, 3.05) is 5.73 Å². The number of hydrogen-bond acceptors (Lipinski definition) is 4. The van der Waals surface area contributed by atoms with E-state index < -0.39 is 0 Å². The predicted octanol–water partition coefficient (Wildman–Crippen LogP) is 2.82. The Balaban J connectivity index is 1.92. The zero-order valence-corrected chi connectivity index (χ0v) is 12.4. The normalized spacial score (nSPS) is 11.0. The van der Waals surface area contributed by atoms with Crippen molar-refractivity contribution in [3.05, 3.63) is 53.0 Å². The Kier molecular flexibility index (Phi) is 3.25. The quantitative estimate of drug-likeness (QED) is 0.802. The Labute approximate surface area is 123 Å². The number of hydrogen-bond donors (Lipinski definition) is 1. The van der Waals surface area contributed by atoms with Crippen molar-refractivity contribution in [1.82, 2.24) is 14.6 Å². The zero-order chi connectivity index (χ0) is 15.0. The molecule has 5 nitrogen and oxygen atoms in total. The number of benzene rings is 1. The fraction of sp³-hybridized carbons (Fsp3) is 0.250. The highest BCUT2D eigenvalue weighted by atomic mass is 16.5. The van der Waals surface area contributed by atoms with Gasteiger partial charge in [-0.3, -0.25) is 4.40 Å². The number of anilines is 1. The maximum atomic E-state index is 5.95. The molecule has 0 saturated heterocycles. The van der Waals surface area contributed by atoms with E-state index in [0.717, 1.165) is 34.2 Å². The lowest BCUT2D eigenvalue weighted by Gasteiger charge is -2.11. The van der Waals surface area contributed by atoms with E-state index in [2.05, 4.69) is 30.1 Å². The van der Waals surface area contributed by atoms with Crippen molar-refractivity contribution >= 4 is 11.3 Å². The molecular formula is C16H18N4O. The first-order valence-corrected chi connectivity index (χ1v) is 6.86. The van der Waals surface area contributed by atoms with Crippen LogP contribution in [-0.4, -0.2) is 14.6 Å². The summed E-state index contributed by atoms with van der Waals surface area (Å²) < 4.78 is 7.83. The van der Waals surface area contributed by atoms with Gasteiger partial charge in [0, 0.05) is 5.69 Å². The molecule has 5 heteroatoms. The molecule has 2 heterocycles. The Morgan fingerprint density at radius 3 is 2.71 bits per heavy atom. The van der Waals surface area contributed by atoms with Crippen LogP contribution in [0.15, 0.2) is 30.3 Å². The number of pyridine rings is 1. The molecule has 0 aliphatic rings. The minimum absolute atomic E-state index is 0.357. The van der Waals surface area contributed by atoms with Crippen molar-refractivity contribution in [1.29, 1.82) is 0 Å². The van der Waals surface area contributed by atoms with Gasteiger partial charge in [-0.2, -0.15) is 0 Å². The number of rotatable bonds is 3. The monoisotopic (exact) mass is 282 g/mol. The predicted molar refractivity (Wildman–Crippen MR) is 82.4 cm³/mol. The summed E-state index contributed by atoms with van der Waals surface area (Å²) in [4.78, 5) is 0. The van der Waals surface area contributed by atoms with Crippen LogP contribution < -0.4 is 10.5 Å². The average Bonchev–Trinajstić information content (AvgIpc) is 2.88. The van der Waals surface area contributed by atoms with E-state index in [-0.39, 0.29) is 0 Å². The van der Waals surface area contributed by atoms with Gasteiger partial charge in [0.05, 0.1) is 5.69 Å². The third-order valence-electron chi connectivity index (χ3n) is 3.83. The fourth-order valence-corrected chi connectivity index (χ4v) is 2.33. The average molecular weight is 282 g/mol. The summed E-state index contributed by atoms with van der Waals surface area (Å²) in [6, 6.07) is 9.72. The molecule has 0 aliphatic heterocycles. The van der Waals surface area contributed by atoms with Gasteiger partial charge in [0.1, 0.15) is 12.4 Å². The van der Waals surface area contributed by atoms with Gasteiger partial charge in [0.25, 0.3) is 0 Å². The maximum absolute atomic E-state index is 5.95. The van der Waals surface area contributed by atoms with E-state index in [0.29, 0.717) is 6.61 Å². The SMILES string of the molecule is Cc1cccc(OCc2nnc3ccc(N)c(C)n23)c1C. The van der Waals surface area contributed by atoms with Crippen molar-refractivity contribution < 1.29 is 4.74 Å². The van der Waals surface area contributed by atoms with Crippen LogP contribution in [0.1, 0.15) is 22.6 Å². The Hall–Kier alpha value is -2.56. The van der Waals surface area contributed by atoms with Gasteiger partial charge in [-0.25, -0.2) is 0 Å². The first-order chi connectivity index (χ1) is 10.1. The molecule has 3 aromatic rings. The van der Waals surface area contributed by atoms with Crippen molar-refractivity contribution in [2.45, 2.75) is 27.4 Å². The highest BCUT2D eigenvalue weighted by molar-refractivity contribution is 5.52. The van der Waals surface area contributed by atoms with Crippen LogP contribution in [-0.2, 0) is 6.61 Å². The minimum Gasteiger partial charge on any atom is -0.485 e. The van der Waals surface area contributed by atoms with Crippen molar-refractivity contribution in [3.8, 4) is 5.75 Å². The van der Waals surface area contributed by atoms with Gasteiger partial charge >= 0.3 is 0 Å². The molecule has 2 aromatic heterocycles. The molecule has 0 saturated carbocycles. The molecule has 108 valence electrons. The molecule has 3 rings (SSSR count). The number of aryl methyl sites for hydroxylation is 2. The summed E-state index contributed by atoms with van der Waals surface area (Å²) in [6.07, 6.45) is 0. The summed E-state index contributed by atoms with van der Waals surface area (Å²) >= 11 is 0. The lowest BCUT2D eigenvalue weighted by molar-refractivity contribution is 0.292. The molecule has 0 amide bonds. The molecule has 1 aromatic carbocycles. The third-order valence-corrected chi connectivity index (χ3v) is 3.83. The van der Waals surface area contributed by atoms with Crippen LogP contribution in [0, 0.1) is 20.8 Å². The maximum Gasteiger partial charge on any atom is 0.175 e. The number of aromatic nitrogens is 3. The lowest BCUT2D eigenvalue weighted by Crippen LogP contribution is -2.06. The summed E-state index contributed by atoms with van der Waals surface area (Å²) in [7, 11) is 0. The first-order valence-electron chi connectivity index (χ1n) is 6.86. The van der Waals surface area contributed by atoms with Gasteiger partial charge in [-0.15, -0.1) is 10.2 Å². The first kappa shape index (κ1) is 13.4. The molecule has 0 unspecified atom stereocenters. The van der Waals surface area contributed by atoms with Crippen LogP contribution in [0.3, 0.4) is 0 Å². The molecule has 21 heavy (non-hydrogen) atoms. The molecule has 0 atom stereocenters. The van der Waals surface area contributed by atoms with E-state index in [4.69, 9.17) is 10.5 Å². The number of nitrogens with two attached hydrogens (primary N) is 1. The summed E-state index contributed by atoms with van der Waals surface area (Å²) in [5, 5.41) is 8.35. The molecule has 0 bridgehead atoms. The number of fused-ring (bicyclic) bond motifs is 1. The highest BCUT2D eigenvalue weighted by Crippen LogP contribution is 2.22. The van der Waals surface area contributed by atoms with Gasteiger partial charge in [-0.1, -0.05) is 12.1 Å². The van der Waals surface area contributed by atoms with Gasteiger partial charge < -0.3 is 10.5 Å². The molecule has 0 aliphatic carbocycles. The van der Waals surface area contributed by atoms with Crippen LogP contribution >= 0.6 is 0 Å². The summed E-state index contributed by atoms with van der Waals surface area (Å²) in [5.41, 5.74) is 10.7. The topological polar surface area (TPSA) is 65.4 Å². The smallest absolute Gasteiger partial charge is 0.175 e. The van der Waals surface area contributed by atoms with Crippen LogP contribution in [0.4, 0.5) is 5.69 Å². The third kappa shape index (κ3) is 2.31. The standard InChI is InChI=1S/C16H18N4O/c1-10-5-4-6-14(11(10)2)21-9-16-19-18-15-8-7-13(17)12(3)20(15)16/h4-8H,9,17H2,1-3H3. The highest BCUT2D eigenvalue weighted by Gasteiger charge is 2.11. The van der Waals surface area contributed by atoms with Crippen LogP contribution in [0.25, 0.3) is 5.65 Å². The minimum atomic E-state index is 0.357. The molecule has 0 spiro atoms. The van der Waals surface area contributed by atoms with E-state index in [1.165, 1.54) is 5.56 Å². The molecule has 2 N–H and O–H groups in total. The van der Waals surface area contributed by atoms with Crippen molar-refractivity contribution in [2.24, 2.45) is 0 Å². The zero-order valence-electron chi connectivity index (χ0n) is 12.4. The van der Waals surface area contributed by atoms with E-state index >= 15 is 0 Å². The molecular weight excluding hydrogens is 264 g/mol. The lowest BCUT2D eigenvalue weighted by atomic mass is 10.1. The Morgan fingerprint density at radius 2 is 1.90 bits per heavy atom. The summed E-state index contributed by atoms with van der Waals surface area (Å²) in [6.45, 7) is 6.43. The number of ether oxygens (including phenoxy) is 1. The number of nitrogens with zero attached hydrogens (tertiary/aromatic N) is 3. The second-order valence-electron chi connectivity index (χ2n) is 5.17. The van der Waals surface area contributed by atoms with Crippen LogP contribution in [0.2, 0.25) is 0 Å². The second kappa shape index (κ2) is 5.09.